The topological polar surface area (TPSA) is 41.4 Å². The third kappa shape index (κ3) is 2.99. The summed E-state index contributed by atoms with van der Waals surface area (Å²) in [6, 6.07) is 0.541. The van der Waals surface area contributed by atoms with E-state index in [-0.39, 0.29) is 5.41 Å². The van der Waals surface area contributed by atoms with Crippen molar-refractivity contribution in [3.05, 3.63) is 18.0 Å². The molecule has 2 saturated heterocycles. The zero-order chi connectivity index (χ0) is 16.6. The van der Waals surface area contributed by atoms with Crippen LogP contribution in [0.15, 0.2) is 12.4 Å². The summed E-state index contributed by atoms with van der Waals surface area (Å²) in [6.07, 6.45) is 13.5. The first-order valence-electron chi connectivity index (χ1n) is 9.67. The number of carbonyl (C=O) groups is 1. The SMILES string of the molecule is Cn1cc(CCN2CCC3(CCCN(C4CCCC4)C3=O)C2)cn1. The average Bonchev–Trinajstić information content (AvgIpc) is 3.30. The van der Waals surface area contributed by atoms with Gasteiger partial charge in [-0.05, 0) is 50.6 Å². The monoisotopic (exact) mass is 330 g/mol. The number of aryl methyl sites for hydroxylation is 1. The van der Waals surface area contributed by atoms with Crippen LogP contribution in [-0.2, 0) is 18.3 Å². The summed E-state index contributed by atoms with van der Waals surface area (Å²) in [5.74, 6) is 0.476. The highest BCUT2D eigenvalue weighted by molar-refractivity contribution is 5.84. The molecule has 2 aliphatic heterocycles. The van der Waals surface area contributed by atoms with Crippen molar-refractivity contribution in [1.82, 2.24) is 19.6 Å². The van der Waals surface area contributed by atoms with E-state index in [4.69, 9.17) is 0 Å². The maximum Gasteiger partial charge on any atom is 0.230 e. The van der Waals surface area contributed by atoms with Gasteiger partial charge in [0.1, 0.15) is 0 Å². The van der Waals surface area contributed by atoms with E-state index in [0.717, 1.165) is 45.4 Å². The molecule has 5 heteroatoms. The molecule has 1 unspecified atom stereocenters. The lowest BCUT2D eigenvalue weighted by atomic mass is 9.77. The molecule has 1 spiro atoms. The molecule has 132 valence electrons. The van der Waals surface area contributed by atoms with Crippen molar-refractivity contribution < 1.29 is 4.79 Å². The predicted octanol–water partition coefficient (Wildman–Crippen LogP) is 2.22. The third-order valence-corrected chi connectivity index (χ3v) is 6.44. The van der Waals surface area contributed by atoms with Gasteiger partial charge in [-0.25, -0.2) is 0 Å². The fraction of sp³-hybridized carbons (Fsp3) is 0.789. The van der Waals surface area contributed by atoms with Crippen LogP contribution in [0.3, 0.4) is 0 Å². The quantitative estimate of drug-likeness (QED) is 0.850. The first-order chi connectivity index (χ1) is 11.7. The van der Waals surface area contributed by atoms with Gasteiger partial charge >= 0.3 is 0 Å². The van der Waals surface area contributed by atoms with Crippen LogP contribution >= 0.6 is 0 Å². The standard InChI is InChI=1S/C19H30N4O/c1-21-14-16(13-20-21)7-11-22-12-9-19(15-22)8-4-10-23(18(19)24)17-5-2-3-6-17/h13-14,17H,2-12,15H2,1H3. The number of aromatic nitrogens is 2. The minimum absolute atomic E-state index is 0.0736. The molecule has 1 aromatic heterocycles. The fourth-order valence-electron chi connectivity index (χ4n) is 5.08. The maximum absolute atomic E-state index is 13.2. The molecule has 3 heterocycles. The van der Waals surface area contributed by atoms with E-state index in [1.807, 2.05) is 17.9 Å². The Hall–Kier alpha value is -1.36. The van der Waals surface area contributed by atoms with E-state index in [1.165, 1.54) is 37.7 Å². The first-order valence-corrected chi connectivity index (χ1v) is 9.67. The molecule has 4 rings (SSSR count). The molecule has 3 aliphatic rings. The van der Waals surface area contributed by atoms with Crippen molar-refractivity contribution in [2.24, 2.45) is 12.5 Å². The van der Waals surface area contributed by atoms with Gasteiger partial charge in [-0.2, -0.15) is 5.10 Å². The van der Waals surface area contributed by atoms with Gasteiger partial charge in [0.15, 0.2) is 0 Å². The molecule has 5 nitrogen and oxygen atoms in total. The minimum atomic E-state index is -0.0736. The maximum atomic E-state index is 13.2. The number of likely N-dealkylation sites (tertiary alicyclic amines) is 2. The number of amides is 1. The summed E-state index contributed by atoms with van der Waals surface area (Å²) in [7, 11) is 1.96. The van der Waals surface area contributed by atoms with Gasteiger partial charge in [-0.15, -0.1) is 0 Å². The van der Waals surface area contributed by atoms with Gasteiger partial charge < -0.3 is 9.80 Å². The molecule has 3 fully saturated rings. The van der Waals surface area contributed by atoms with Gasteiger partial charge in [0.05, 0.1) is 11.6 Å². The number of piperidine rings is 1. The highest BCUT2D eigenvalue weighted by Crippen LogP contribution is 2.42. The Morgan fingerprint density at radius 1 is 1.21 bits per heavy atom. The summed E-state index contributed by atoms with van der Waals surface area (Å²) in [5.41, 5.74) is 1.22. The zero-order valence-electron chi connectivity index (χ0n) is 14.9. The lowest BCUT2D eigenvalue weighted by molar-refractivity contribution is -0.148. The Morgan fingerprint density at radius 3 is 2.79 bits per heavy atom. The number of carbonyl (C=O) groups excluding carboxylic acids is 1. The van der Waals surface area contributed by atoms with E-state index in [1.54, 1.807) is 0 Å². The van der Waals surface area contributed by atoms with Crippen molar-refractivity contribution in [2.75, 3.05) is 26.2 Å². The smallest absolute Gasteiger partial charge is 0.230 e. The number of rotatable bonds is 4. The molecule has 1 aliphatic carbocycles. The molecule has 0 aromatic carbocycles. The molecule has 1 saturated carbocycles. The number of nitrogens with zero attached hydrogens (tertiary/aromatic N) is 4. The van der Waals surface area contributed by atoms with Crippen LogP contribution in [0.1, 0.15) is 50.5 Å². The second-order valence-corrected chi connectivity index (χ2v) is 8.12. The summed E-state index contributed by atoms with van der Waals surface area (Å²) in [4.78, 5) is 18.0. The van der Waals surface area contributed by atoms with Gasteiger partial charge in [-0.3, -0.25) is 9.48 Å². The van der Waals surface area contributed by atoms with E-state index in [2.05, 4.69) is 21.1 Å². The van der Waals surface area contributed by atoms with Crippen LogP contribution in [0, 0.1) is 5.41 Å². The molecule has 1 atom stereocenters. The van der Waals surface area contributed by atoms with Crippen LogP contribution in [0.2, 0.25) is 0 Å². The van der Waals surface area contributed by atoms with Crippen LogP contribution in [-0.4, -0.2) is 57.7 Å². The Kier molecular flexibility index (Phi) is 4.37. The number of hydrogen-bond donors (Lipinski definition) is 0. The van der Waals surface area contributed by atoms with Crippen molar-refractivity contribution in [3.8, 4) is 0 Å². The highest BCUT2D eigenvalue weighted by Gasteiger charge is 2.49. The molecular formula is C19H30N4O. The summed E-state index contributed by atoms with van der Waals surface area (Å²) in [6.45, 7) is 4.09. The highest BCUT2D eigenvalue weighted by atomic mass is 16.2. The zero-order valence-corrected chi connectivity index (χ0v) is 14.9. The molecule has 0 radical (unpaired) electrons. The molecular weight excluding hydrogens is 300 g/mol. The van der Waals surface area contributed by atoms with Gasteiger partial charge in [0.25, 0.3) is 0 Å². The average molecular weight is 330 g/mol. The Bertz CT molecular complexity index is 592. The fourth-order valence-corrected chi connectivity index (χ4v) is 5.08. The van der Waals surface area contributed by atoms with Gasteiger partial charge in [0.2, 0.25) is 5.91 Å². The minimum Gasteiger partial charge on any atom is -0.339 e. The first kappa shape index (κ1) is 16.1. The van der Waals surface area contributed by atoms with Crippen LogP contribution < -0.4 is 0 Å². The lowest BCUT2D eigenvalue weighted by Crippen LogP contribution is -2.53. The summed E-state index contributed by atoms with van der Waals surface area (Å²) in [5, 5.41) is 4.25. The Balaban J connectivity index is 1.37. The summed E-state index contributed by atoms with van der Waals surface area (Å²) >= 11 is 0. The molecule has 0 N–H and O–H groups in total. The van der Waals surface area contributed by atoms with E-state index >= 15 is 0 Å². The van der Waals surface area contributed by atoms with Crippen molar-refractivity contribution in [1.29, 1.82) is 0 Å². The van der Waals surface area contributed by atoms with Crippen LogP contribution in [0.4, 0.5) is 0 Å². The third-order valence-electron chi connectivity index (χ3n) is 6.44. The van der Waals surface area contributed by atoms with Crippen LogP contribution in [0.25, 0.3) is 0 Å². The second-order valence-electron chi connectivity index (χ2n) is 8.12. The second kappa shape index (κ2) is 6.51. The lowest BCUT2D eigenvalue weighted by Gasteiger charge is -2.42. The van der Waals surface area contributed by atoms with Gasteiger partial charge in [0, 0.05) is 38.9 Å². The Labute approximate surface area is 145 Å². The van der Waals surface area contributed by atoms with E-state index < -0.39 is 0 Å². The molecule has 24 heavy (non-hydrogen) atoms. The number of hydrogen-bond acceptors (Lipinski definition) is 3. The van der Waals surface area contributed by atoms with E-state index in [9.17, 15) is 4.79 Å². The Morgan fingerprint density at radius 2 is 2.04 bits per heavy atom. The predicted molar refractivity (Wildman–Crippen MR) is 93.6 cm³/mol. The van der Waals surface area contributed by atoms with Crippen molar-refractivity contribution in [2.45, 2.75) is 57.4 Å². The molecule has 0 bridgehead atoms. The summed E-state index contributed by atoms with van der Waals surface area (Å²) < 4.78 is 1.87. The normalized spacial score (nSPS) is 29.2. The van der Waals surface area contributed by atoms with Crippen LogP contribution in [0.5, 0.6) is 0 Å². The molecule has 1 amide bonds. The van der Waals surface area contributed by atoms with Crippen molar-refractivity contribution >= 4 is 5.91 Å². The molecule has 1 aromatic rings. The largest absolute Gasteiger partial charge is 0.339 e. The van der Waals surface area contributed by atoms with Gasteiger partial charge in [-0.1, -0.05) is 12.8 Å². The van der Waals surface area contributed by atoms with Crippen molar-refractivity contribution in [3.63, 3.8) is 0 Å². The van der Waals surface area contributed by atoms with E-state index in [0.29, 0.717) is 11.9 Å².